The van der Waals surface area contributed by atoms with Crippen LogP contribution in [0.4, 0.5) is 10.8 Å². The number of hydrogen-bond donors (Lipinski definition) is 2. The van der Waals surface area contributed by atoms with Gasteiger partial charge in [-0.2, -0.15) is 0 Å². The first-order valence-corrected chi connectivity index (χ1v) is 9.96. The molecule has 0 bridgehead atoms. The third-order valence-corrected chi connectivity index (χ3v) is 4.60. The first-order chi connectivity index (χ1) is 14.2. The van der Waals surface area contributed by atoms with Crippen LogP contribution in [0.2, 0.25) is 0 Å². The van der Waals surface area contributed by atoms with Crippen LogP contribution in [-0.4, -0.2) is 30.1 Å². The Kier molecular flexibility index (Phi) is 7.18. The lowest BCUT2D eigenvalue weighted by molar-refractivity contribution is -0.119. The molecule has 0 radical (unpaired) electrons. The lowest BCUT2D eigenvalue weighted by atomic mass is 10.2. The topological polar surface area (TPSA) is 89.5 Å². The SMILES string of the molecule is CCOc1ccccc1NC(=O)COC(=O)c1csc(NCc2ccccc2)n1. The summed E-state index contributed by atoms with van der Waals surface area (Å²) in [5.74, 6) is -0.547. The zero-order valence-corrected chi connectivity index (χ0v) is 16.7. The summed E-state index contributed by atoms with van der Waals surface area (Å²) < 4.78 is 10.5. The highest BCUT2D eigenvalue weighted by Gasteiger charge is 2.15. The number of rotatable bonds is 9. The summed E-state index contributed by atoms with van der Waals surface area (Å²) in [5.41, 5.74) is 1.79. The number of amides is 1. The second-order valence-electron chi connectivity index (χ2n) is 5.93. The fourth-order valence-electron chi connectivity index (χ4n) is 2.46. The number of aromatic nitrogens is 1. The van der Waals surface area contributed by atoms with E-state index in [-0.39, 0.29) is 5.69 Å². The minimum atomic E-state index is -0.651. The van der Waals surface area contributed by atoms with Gasteiger partial charge in [0.25, 0.3) is 5.91 Å². The van der Waals surface area contributed by atoms with Gasteiger partial charge in [-0.05, 0) is 24.6 Å². The van der Waals surface area contributed by atoms with Gasteiger partial charge in [0.05, 0.1) is 12.3 Å². The molecule has 0 saturated heterocycles. The molecule has 0 spiro atoms. The van der Waals surface area contributed by atoms with Crippen molar-refractivity contribution in [3.05, 3.63) is 71.2 Å². The number of nitrogens with zero attached hydrogens (tertiary/aromatic N) is 1. The Labute approximate surface area is 172 Å². The molecular formula is C21H21N3O4S. The summed E-state index contributed by atoms with van der Waals surface area (Å²) in [6.07, 6.45) is 0. The molecule has 2 N–H and O–H groups in total. The Morgan fingerprint density at radius 3 is 2.62 bits per heavy atom. The van der Waals surface area contributed by atoms with Crippen molar-refractivity contribution >= 4 is 34.0 Å². The van der Waals surface area contributed by atoms with Crippen molar-refractivity contribution in [3.63, 3.8) is 0 Å². The number of nitrogens with one attached hydrogen (secondary N) is 2. The number of benzene rings is 2. The van der Waals surface area contributed by atoms with Crippen molar-refractivity contribution in [1.82, 2.24) is 4.98 Å². The van der Waals surface area contributed by atoms with Gasteiger partial charge in [-0.15, -0.1) is 11.3 Å². The largest absolute Gasteiger partial charge is 0.492 e. The third kappa shape index (κ3) is 6.05. The minimum Gasteiger partial charge on any atom is -0.492 e. The van der Waals surface area contributed by atoms with E-state index in [1.165, 1.54) is 11.3 Å². The van der Waals surface area contributed by atoms with Gasteiger partial charge >= 0.3 is 5.97 Å². The Morgan fingerprint density at radius 1 is 1.07 bits per heavy atom. The summed E-state index contributed by atoms with van der Waals surface area (Å²) in [5, 5.41) is 8.04. The first kappa shape index (κ1) is 20.3. The van der Waals surface area contributed by atoms with Crippen LogP contribution in [0, 0.1) is 0 Å². The van der Waals surface area contributed by atoms with E-state index in [2.05, 4.69) is 15.6 Å². The molecule has 1 aromatic heterocycles. The highest BCUT2D eigenvalue weighted by Crippen LogP contribution is 2.23. The predicted molar refractivity (Wildman–Crippen MR) is 112 cm³/mol. The van der Waals surface area contributed by atoms with Crippen LogP contribution in [-0.2, 0) is 16.1 Å². The third-order valence-electron chi connectivity index (χ3n) is 3.80. The number of ether oxygens (including phenoxy) is 2. The van der Waals surface area contributed by atoms with E-state index in [0.717, 1.165) is 5.56 Å². The Bertz CT molecular complexity index is 959. The Hall–Kier alpha value is -3.39. The molecule has 3 aromatic rings. The van der Waals surface area contributed by atoms with Crippen LogP contribution in [0.1, 0.15) is 23.0 Å². The summed E-state index contributed by atoms with van der Waals surface area (Å²) in [7, 11) is 0. The van der Waals surface area contributed by atoms with Crippen LogP contribution in [0.3, 0.4) is 0 Å². The average Bonchev–Trinajstić information content (AvgIpc) is 3.22. The van der Waals surface area contributed by atoms with E-state index in [4.69, 9.17) is 9.47 Å². The van der Waals surface area contributed by atoms with Gasteiger partial charge in [-0.25, -0.2) is 9.78 Å². The van der Waals surface area contributed by atoms with Gasteiger partial charge < -0.3 is 20.1 Å². The zero-order valence-electron chi connectivity index (χ0n) is 15.9. The van der Waals surface area contributed by atoms with Gasteiger partial charge in [0.2, 0.25) is 0 Å². The van der Waals surface area contributed by atoms with Crippen molar-refractivity contribution in [3.8, 4) is 5.75 Å². The molecule has 1 heterocycles. The molecule has 0 fully saturated rings. The minimum absolute atomic E-state index is 0.160. The molecule has 29 heavy (non-hydrogen) atoms. The molecule has 1 amide bonds. The number of hydrogen-bond acceptors (Lipinski definition) is 7. The fraction of sp³-hybridized carbons (Fsp3) is 0.190. The number of para-hydroxylation sites is 2. The Balaban J connectivity index is 1.48. The van der Waals surface area contributed by atoms with Crippen molar-refractivity contribution in [2.75, 3.05) is 23.8 Å². The molecule has 0 unspecified atom stereocenters. The van der Waals surface area contributed by atoms with Gasteiger partial charge in [0.15, 0.2) is 17.4 Å². The number of carbonyl (C=O) groups is 2. The van der Waals surface area contributed by atoms with Gasteiger partial charge in [-0.3, -0.25) is 4.79 Å². The number of carbonyl (C=O) groups excluding carboxylic acids is 2. The molecule has 3 rings (SSSR count). The number of anilines is 2. The summed E-state index contributed by atoms with van der Waals surface area (Å²) >= 11 is 1.30. The van der Waals surface area contributed by atoms with Gasteiger partial charge in [0, 0.05) is 11.9 Å². The van der Waals surface area contributed by atoms with E-state index >= 15 is 0 Å². The van der Waals surface area contributed by atoms with Crippen LogP contribution in [0.25, 0.3) is 0 Å². The molecule has 7 nitrogen and oxygen atoms in total. The second kappa shape index (κ2) is 10.2. The van der Waals surface area contributed by atoms with Crippen LogP contribution in [0.5, 0.6) is 5.75 Å². The van der Waals surface area contributed by atoms with Crippen LogP contribution < -0.4 is 15.4 Å². The molecular weight excluding hydrogens is 390 g/mol. The summed E-state index contributed by atoms with van der Waals surface area (Å²) in [6, 6.07) is 16.9. The second-order valence-corrected chi connectivity index (χ2v) is 6.79. The molecule has 0 aliphatic heterocycles. The van der Waals surface area contributed by atoms with Crippen LogP contribution >= 0.6 is 11.3 Å². The molecule has 2 aromatic carbocycles. The summed E-state index contributed by atoms with van der Waals surface area (Å²) in [6.45, 7) is 2.53. The van der Waals surface area contributed by atoms with Crippen molar-refractivity contribution in [2.24, 2.45) is 0 Å². The standard InChI is InChI=1S/C21H21N3O4S/c1-2-27-18-11-7-6-10-16(18)23-19(25)13-28-20(26)17-14-29-21(24-17)22-12-15-8-4-3-5-9-15/h3-11,14H,2,12-13H2,1H3,(H,22,24)(H,23,25). The van der Waals surface area contributed by atoms with E-state index in [1.54, 1.807) is 23.6 Å². The van der Waals surface area contributed by atoms with E-state index < -0.39 is 18.5 Å². The first-order valence-electron chi connectivity index (χ1n) is 9.08. The smallest absolute Gasteiger partial charge is 0.358 e. The highest BCUT2D eigenvalue weighted by molar-refractivity contribution is 7.13. The quantitative estimate of drug-likeness (QED) is 0.518. The molecule has 0 saturated carbocycles. The van der Waals surface area contributed by atoms with Crippen LogP contribution in [0.15, 0.2) is 60.0 Å². The molecule has 0 aliphatic carbocycles. The normalized spacial score (nSPS) is 10.2. The number of esters is 1. The molecule has 150 valence electrons. The van der Waals surface area contributed by atoms with E-state index in [1.807, 2.05) is 43.3 Å². The lowest BCUT2D eigenvalue weighted by Crippen LogP contribution is -2.21. The summed E-state index contributed by atoms with van der Waals surface area (Å²) in [4.78, 5) is 28.5. The molecule has 8 heteroatoms. The molecule has 0 atom stereocenters. The van der Waals surface area contributed by atoms with Crippen molar-refractivity contribution in [1.29, 1.82) is 0 Å². The maximum atomic E-state index is 12.1. The fourth-order valence-corrected chi connectivity index (χ4v) is 3.14. The number of thiazole rings is 1. The van der Waals surface area contributed by atoms with E-state index in [0.29, 0.717) is 29.7 Å². The lowest BCUT2D eigenvalue weighted by Gasteiger charge is -2.11. The van der Waals surface area contributed by atoms with Crippen molar-refractivity contribution in [2.45, 2.75) is 13.5 Å². The van der Waals surface area contributed by atoms with Gasteiger partial charge in [0.1, 0.15) is 5.75 Å². The Morgan fingerprint density at radius 2 is 1.83 bits per heavy atom. The maximum absolute atomic E-state index is 12.1. The monoisotopic (exact) mass is 411 g/mol. The average molecular weight is 411 g/mol. The molecule has 0 aliphatic rings. The van der Waals surface area contributed by atoms with Crippen molar-refractivity contribution < 1.29 is 19.1 Å². The predicted octanol–water partition coefficient (Wildman–Crippen LogP) is 3.95. The zero-order chi connectivity index (χ0) is 20.5. The maximum Gasteiger partial charge on any atom is 0.358 e. The highest BCUT2D eigenvalue weighted by atomic mass is 32.1. The van der Waals surface area contributed by atoms with E-state index in [9.17, 15) is 9.59 Å². The van der Waals surface area contributed by atoms with Gasteiger partial charge in [-0.1, -0.05) is 42.5 Å².